The lowest BCUT2D eigenvalue weighted by molar-refractivity contribution is -0.138. The molecule has 1 aromatic carbocycles. The van der Waals surface area contributed by atoms with E-state index in [2.05, 4.69) is 0 Å². The van der Waals surface area contributed by atoms with E-state index in [-0.39, 0.29) is 29.5 Å². The molecule has 0 spiro atoms. The standard InChI is InChI=1S/C17H25NO5S2/c1-4-12-25(22,23)15-9-7-6-8-14(15)24-13(3)17(21)18(5-2)11-10-16(19)20/h6-9,13H,4-5,10-12H2,1-3H3,(H,19,20). The molecule has 0 heterocycles. The molecule has 0 fully saturated rings. The van der Waals surface area contributed by atoms with Crippen molar-refractivity contribution in [2.24, 2.45) is 0 Å². The van der Waals surface area contributed by atoms with E-state index in [0.717, 1.165) is 0 Å². The molecule has 0 aliphatic carbocycles. The van der Waals surface area contributed by atoms with Crippen molar-refractivity contribution in [3.63, 3.8) is 0 Å². The van der Waals surface area contributed by atoms with Gasteiger partial charge in [-0.1, -0.05) is 19.1 Å². The average molecular weight is 388 g/mol. The van der Waals surface area contributed by atoms with Crippen LogP contribution >= 0.6 is 11.8 Å². The Hall–Kier alpha value is -1.54. The second-order valence-corrected chi connectivity index (χ2v) is 9.05. The first-order chi connectivity index (χ1) is 11.7. The third kappa shape index (κ3) is 6.36. The van der Waals surface area contributed by atoms with Gasteiger partial charge in [0.1, 0.15) is 0 Å². The van der Waals surface area contributed by atoms with E-state index in [1.165, 1.54) is 16.7 Å². The zero-order chi connectivity index (χ0) is 19.0. The van der Waals surface area contributed by atoms with Crippen molar-refractivity contribution in [1.29, 1.82) is 0 Å². The summed E-state index contributed by atoms with van der Waals surface area (Å²) in [5.74, 6) is -1.09. The summed E-state index contributed by atoms with van der Waals surface area (Å²) in [6.07, 6.45) is 0.410. The molecule has 0 aliphatic heterocycles. The normalized spacial score (nSPS) is 12.6. The predicted octanol–water partition coefficient (Wildman–Crippen LogP) is 2.67. The molecule has 1 amide bonds. The van der Waals surface area contributed by atoms with Crippen LogP contribution in [0.25, 0.3) is 0 Å². The van der Waals surface area contributed by atoms with Crippen molar-refractivity contribution < 1.29 is 23.1 Å². The van der Waals surface area contributed by atoms with Crippen LogP contribution in [0.3, 0.4) is 0 Å². The van der Waals surface area contributed by atoms with Gasteiger partial charge in [0.05, 0.1) is 22.3 Å². The lowest BCUT2D eigenvalue weighted by atomic mass is 10.3. The van der Waals surface area contributed by atoms with Gasteiger partial charge in [0.15, 0.2) is 9.84 Å². The zero-order valence-electron chi connectivity index (χ0n) is 14.8. The van der Waals surface area contributed by atoms with Gasteiger partial charge in [-0.05, 0) is 32.4 Å². The number of sulfone groups is 1. The molecule has 0 radical (unpaired) electrons. The number of nitrogens with zero attached hydrogens (tertiary/aromatic N) is 1. The molecule has 0 aromatic heterocycles. The molecule has 0 bridgehead atoms. The SMILES string of the molecule is CCCS(=O)(=O)c1ccccc1SC(C)C(=O)N(CC)CCC(=O)O. The number of hydrogen-bond acceptors (Lipinski definition) is 5. The topological polar surface area (TPSA) is 91.8 Å². The Labute approximate surface area is 153 Å². The first-order valence-corrected chi connectivity index (χ1v) is 10.7. The number of carboxylic acid groups (broad SMARTS) is 1. The molecule has 140 valence electrons. The van der Waals surface area contributed by atoms with Crippen LogP contribution in [0, 0.1) is 0 Å². The number of carbonyl (C=O) groups excluding carboxylic acids is 1. The van der Waals surface area contributed by atoms with Gasteiger partial charge < -0.3 is 10.0 Å². The smallest absolute Gasteiger partial charge is 0.305 e. The van der Waals surface area contributed by atoms with Gasteiger partial charge in [0.2, 0.25) is 5.91 Å². The number of aliphatic carboxylic acids is 1. The zero-order valence-corrected chi connectivity index (χ0v) is 16.4. The highest BCUT2D eigenvalue weighted by Crippen LogP contribution is 2.31. The van der Waals surface area contributed by atoms with E-state index in [1.807, 2.05) is 0 Å². The largest absolute Gasteiger partial charge is 0.481 e. The van der Waals surface area contributed by atoms with E-state index in [1.54, 1.807) is 45.0 Å². The number of hydrogen-bond donors (Lipinski definition) is 1. The Morgan fingerprint density at radius 3 is 2.44 bits per heavy atom. The third-order valence-electron chi connectivity index (χ3n) is 3.60. The molecular formula is C17H25NO5S2. The van der Waals surface area contributed by atoms with Gasteiger partial charge in [-0.3, -0.25) is 9.59 Å². The quantitative estimate of drug-likeness (QED) is 0.621. The van der Waals surface area contributed by atoms with Crippen LogP contribution < -0.4 is 0 Å². The van der Waals surface area contributed by atoms with Crippen molar-refractivity contribution in [3.05, 3.63) is 24.3 Å². The van der Waals surface area contributed by atoms with E-state index in [9.17, 15) is 18.0 Å². The molecule has 8 heteroatoms. The third-order valence-corrected chi connectivity index (χ3v) is 6.86. The van der Waals surface area contributed by atoms with Gasteiger partial charge in [0.25, 0.3) is 0 Å². The number of benzene rings is 1. The summed E-state index contributed by atoms with van der Waals surface area (Å²) in [7, 11) is -3.38. The molecular weight excluding hydrogens is 362 g/mol. The van der Waals surface area contributed by atoms with Crippen LogP contribution in [0.15, 0.2) is 34.1 Å². The minimum atomic E-state index is -3.38. The maximum absolute atomic E-state index is 12.5. The maximum Gasteiger partial charge on any atom is 0.305 e. The second kappa shape index (κ2) is 9.82. The molecule has 1 unspecified atom stereocenters. The molecule has 0 saturated carbocycles. The summed E-state index contributed by atoms with van der Waals surface area (Å²) < 4.78 is 24.8. The van der Waals surface area contributed by atoms with Crippen molar-refractivity contribution >= 4 is 33.5 Å². The lowest BCUT2D eigenvalue weighted by Crippen LogP contribution is -2.37. The van der Waals surface area contributed by atoms with Gasteiger partial charge >= 0.3 is 5.97 Å². The Morgan fingerprint density at radius 1 is 1.24 bits per heavy atom. The summed E-state index contributed by atoms with van der Waals surface area (Å²) in [6.45, 7) is 5.86. The van der Waals surface area contributed by atoms with Crippen molar-refractivity contribution in [1.82, 2.24) is 4.90 Å². The fourth-order valence-corrected chi connectivity index (χ4v) is 5.25. The highest BCUT2D eigenvalue weighted by atomic mass is 32.2. The summed E-state index contributed by atoms with van der Waals surface area (Å²) in [6, 6.07) is 6.67. The molecule has 25 heavy (non-hydrogen) atoms. The van der Waals surface area contributed by atoms with Gasteiger partial charge in [0, 0.05) is 18.0 Å². The van der Waals surface area contributed by atoms with Crippen molar-refractivity contribution in [3.8, 4) is 0 Å². The van der Waals surface area contributed by atoms with Crippen LogP contribution in [0.1, 0.15) is 33.6 Å². The fraction of sp³-hybridized carbons (Fsp3) is 0.529. The minimum absolute atomic E-state index is 0.0621. The van der Waals surface area contributed by atoms with Crippen LogP contribution in [0.5, 0.6) is 0 Å². The Morgan fingerprint density at radius 2 is 1.88 bits per heavy atom. The molecule has 0 aliphatic rings. The summed E-state index contributed by atoms with van der Waals surface area (Å²) in [4.78, 5) is 25.5. The Balaban J connectivity index is 2.94. The summed E-state index contributed by atoms with van der Waals surface area (Å²) in [5, 5.41) is 8.27. The molecule has 1 atom stereocenters. The number of amides is 1. The van der Waals surface area contributed by atoms with Crippen molar-refractivity contribution in [2.45, 2.75) is 48.7 Å². The summed E-state index contributed by atoms with van der Waals surface area (Å²) in [5.41, 5.74) is 0. The van der Waals surface area contributed by atoms with Gasteiger partial charge in [-0.2, -0.15) is 0 Å². The second-order valence-electron chi connectivity index (χ2n) is 5.59. The van der Waals surface area contributed by atoms with Gasteiger partial charge in [-0.25, -0.2) is 8.42 Å². The van der Waals surface area contributed by atoms with Crippen LogP contribution in [0.2, 0.25) is 0 Å². The number of carbonyl (C=O) groups is 2. The van der Waals surface area contributed by atoms with Crippen LogP contribution in [-0.2, 0) is 19.4 Å². The Bertz CT molecular complexity index is 703. The average Bonchev–Trinajstić information content (AvgIpc) is 2.55. The highest BCUT2D eigenvalue weighted by molar-refractivity contribution is 8.01. The first kappa shape index (κ1) is 21.5. The molecule has 1 rings (SSSR count). The molecule has 6 nitrogen and oxygen atoms in total. The fourth-order valence-electron chi connectivity index (χ4n) is 2.34. The maximum atomic E-state index is 12.5. The molecule has 1 aromatic rings. The van der Waals surface area contributed by atoms with Crippen LogP contribution in [-0.4, -0.2) is 54.4 Å². The highest BCUT2D eigenvalue weighted by Gasteiger charge is 2.24. The number of rotatable bonds is 10. The van der Waals surface area contributed by atoms with Crippen molar-refractivity contribution in [2.75, 3.05) is 18.8 Å². The van der Waals surface area contributed by atoms with E-state index < -0.39 is 21.1 Å². The van der Waals surface area contributed by atoms with Gasteiger partial charge in [-0.15, -0.1) is 11.8 Å². The lowest BCUT2D eigenvalue weighted by Gasteiger charge is -2.24. The van der Waals surface area contributed by atoms with E-state index in [4.69, 9.17) is 5.11 Å². The Kier molecular flexibility index (Phi) is 8.44. The molecule has 0 saturated heterocycles. The first-order valence-electron chi connectivity index (χ1n) is 8.22. The molecule has 1 N–H and O–H groups in total. The minimum Gasteiger partial charge on any atom is -0.481 e. The number of carboxylic acids is 1. The predicted molar refractivity (Wildman–Crippen MR) is 98.6 cm³/mol. The summed E-state index contributed by atoms with van der Waals surface area (Å²) >= 11 is 1.19. The van der Waals surface area contributed by atoms with E-state index >= 15 is 0 Å². The monoisotopic (exact) mass is 387 g/mol. The van der Waals surface area contributed by atoms with Crippen LogP contribution in [0.4, 0.5) is 0 Å². The number of thioether (sulfide) groups is 1. The van der Waals surface area contributed by atoms with E-state index in [0.29, 0.717) is 17.9 Å².